The largest absolute Gasteiger partial charge is 0.513 e. The van der Waals surface area contributed by atoms with Crippen LogP contribution >= 0.6 is 10.2 Å². The number of rotatable bonds is 15. The molecule has 3 aromatic rings. The first-order valence-corrected chi connectivity index (χ1v) is 17.8. The van der Waals surface area contributed by atoms with E-state index in [1.807, 2.05) is 0 Å². The minimum atomic E-state index is -7.21. The Hall–Kier alpha value is -2.79. The van der Waals surface area contributed by atoms with E-state index in [2.05, 4.69) is 6.92 Å². The van der Waals surface area contributed by atoms with Crippen LogP contribution in [0.4, 0.5) is 26.3 Å². The van der Waals surface area contributed by atoms with Crippen LogP contribution < -0.4 is 4.89 Å². The Labute approximate surface area is 254 Å². The second-order valence-electron chi connectivity index (χ2n) is 9.42. The molecule has 0 aromatic heterocycles. The lowest BCUT2D eigenvalue weighted by Gasteiger charge is -2.47. The van der Waals surface area contributed by atoms with E-state index >= 15 is 0 Å². The minimum Gasteiger partial charge on any atom is -0.338 e. The van der Waals surface area contributed by atoms with Crippen molar-refractivity contribution in [3.8, 4) is 5.75 Å². The molecule has 0 radical (unpaired) electrons. The van der Waals surface area contributed by atoms with Gasteiger partial charge in [-0.15, -0.1) is 0 Å². The number of benzene rings is 3. The van der Waals surface area contributed by atoms with Crippen molar-refractivity contribution in [3.05, 3.63) is 84.9 Å². The Morgan fingerprint density at radius 2 is 1.00 bits per heavy atom. The molecule has 0 atom stereocenters. The molecule has 0 amide bonds. The van der Waals surface area contributed by atoms with Gasteiger partial charge in [0.1, 0.15) is 0 Å². The van der Waals surface area contributed by atoms with Crippen LogP contribution in [0.15, 0.2) is 99.6 Å². The number of hydrogen-bond acceptors (Lipinski definition) is 6. The topological polar surface area (TPSA) is 90.0 Å². The summed E-state index contributed by atoms with van der Waals surface area (Å²) in [5.41, 5.74) is -12.9. The molecule has 244 valence electrons. The molecular weight excluding hydrogens is 656 g/mol. The number of alkyl halides is 6. The maximum atomic E-state index is 14.1. The van der Waals surface area contributed by atoms with Crippen molar-refractivity contribution in [2.24, 2.45) is 0 Å². The Kier molecular flexibility index (Phi) is 11.8. The Balaban J connectivity index is 2.23. The van der Waals surface area contributed by atoms with Crippen LogP contribution in [-0.2, 0) is 24.9 Å². The molecule has 0 aliphatic carbocycles. The number of sulfonamides is 2. The first kappa shape index (κ1) is 35.7. The van der Waals surface area contributed by atoms with Crippen LogP contribution in [-0.4, -0.2) is 37.6 Å². The highest BCUT2D eigenvalue weighted by Crippen LogP contribution is 2.74. The van der Waals surface area contributed by atoms with Crippen LogP contribution in [0.3, 0.4) is 0 Å². The van der Waals surface area contributed by atoms with Gasteiger partial charge in [0.15, 0.2) is 5.75 Å². The normalized spacial score (nSPS) is 13.6. The van der Waals surface area contributed by atoms with E-state index in [0.717, 1.165) is 80.6 Å². The van der Waals surface area contributed by atoms with Gasteiger partial charge in [0.05, 0.1) is 6.61 Å². The van der Waals surface area contributed by atoms with Crippen molar-refractivity contribution in [1.82, 2.24) is 3.12 Å². The van der Waals surface area contributed by atoms with E-state index < -0.39 is 59.1 Å². The maximum absolute atomic E-state index is 14.1. The lowest BCUT2D eigenvalue weighted by atomic mass is 10.1. The molecule has 3 aromatic carbocycles. The monoisotopic (exact) mass is 687 g/mol. The van der Waals surface area contributed by atoms with Gasteiger partial charge < -0.3 is 4.89 Å². The number of hydrogen-bond donors (Lipinski definition) is 0. The molecule has 0 heterocycles. The Morgan fingerprint density at radius 1 is 0.591 bits per heavy atom. The third-order valence-electron chi connectivity index (χ3n) is 6.27. The number of unbranched alkanes of at least 4 members (excludes halogenated alkanes) is 5. The first-order valence-electron chi connectivity index (χ1n) is 13.4. The molecule has 0 bridgehead atoms. The van der Waals surface area contributed by atoms with Gasteiger partial charge in [-0.25, -0.2) is 16.8 Å². The minimum absolute atomic E-state index is 0.00179. The van der Waals surface area contributed by atoms with E-state index in [1.165, 1.54) is 36.4 Å². The lowest BCUT2D eigenvalue weighted by molar-refractivity contribution is -0.207. The summed E-state index contributed by atoms with van der Waals surface area (Å²) in [4.78, 5) is 9.05. The smallest absolute Gasteiger partial charge is 0.338 e. The van der Waals surface area contributed by atoms with Gasteiger partial charge >= 0.3 is 31.1 Å². The Morgan fingerprint density at radius 3 is 1.43 bits per heavy atom. The lowest BCUT2D eigenvalue weighted by Crippen LogP contribution is -2.50. The van der Waals surface area contributed by atoms with Crippen LogP contribution in [0, 0.1) is 0 Å². The van der Waals surface area contributed by atoms with Gasteiger partial charge in [0, 0.05) is 14.7 Å². The van der Waals surface area contributed by atoms with Gasteiger partial charge in [-0.3, -0.25) is 0 Å². The van der Waals surface area contributed by atoms with E-state index in [9.17, 15) is 43.2 Å². The summed E-state index contributed by atoms with van der Waals surface area (Å²) in [6, 6.07) is 16.3. The summed E-state index contributed by atoms with van der Waals surface area (Å²) in [5.74, 6) is -0.00179. The predicted molar refractivity (Wildman–Crippen MR) is 153 cm³/mol. The molecule has 3 rings (SSSR count). The second-order valence-corrected chi connectivity index (χ2v) is 16.6. The van der Waals surface area contributed by atoms with Gasteiger partial charge in [-0.2, -0.15) is 31.2 Å². The van der Waals surface area contributed by atoms with E-state index in [4.69, 9.17) is 9.78 Å². The number of nitrogens with zero attached hydrogens (tertiary/aromatic N) is 1. The fourth-order valence-corrected chi connectivity index (χ4v) is 13.5. The van der Waals surface area contributed by atoms with Crippen LogP contribution in [0.25, 0.3) is 0 Å². The summed E-state index contributed by atoms with van der Waals surface area (Å²) >= 11 is 0. The average Bonchev–Trinajstić information content (AvgIpc) is 2.97. The zero-order valence-electron chi connectivity index (χ0n) is 23.4. The van der Waals surface area contributed by atoms with Gasteiger partial charge in [0.25, 0.3) is 0 Å². The van der Waals surface area contributed by atoms with Crippen molar-refractivity contribution in [2.75, 3.05) is 6.61 Å². The van der Waals surface area contributed by atoms with Crippen molar-refractivity contribution < 1.29 is 53.0 Å². The van der Waals surface area contributed by atoms with Gasteiger partial charge in [-0.1, -0.05) is 85.6 Å². The highest BCUT2D eigenvalue weighted by molar-refractivity contribution is 8.41. The molecule has 0 N–H and O–H groups in total. The molecule has 7 nitrogen and oxygen atoms in total. The molecular formula is C28H31F6NO6S3. The zero-order valence-corrected chi connectivity index (χ0v) is 25.9. The highest BCUT2D eigenvalue weighted by atomic mass is 32.4. The maximum Gasteiger partial charge on any atom is 0.513 e. The van der Waals surface area contributed by atoms with Crippen molar-refractivity contribution >= 4 is 30.3 Å². The summed E-state index contributed by atoms with van der Waals surface area (Å²) in [6.45, 7) is 2.30. The quantitative estimate of drug-likeness (QED) is 0.0689. The Bertz CT molecular complexity index is 1470. The molecule has 0 saturated carbocycles. The second kappa shape index (κ2) is 14.5. The third kappa shape index (κ3) is 7.53. The molecule has 0 saturated heterocycles. The molecule has 0 spiro atoms. The van der Waals surface area contributed by atoms with Crippen molar-refractivity contribution in [2.45, 2.75) is 71.2 Å². The van der Waals surface area contributed by atoms with Crippen molar-refractivity contribution in [1.29, 1.82) is 0 Å². The summed E-state index contributed by atoms with van der Waals surface area (Å²) in [6.07, 6.45) is 5.86. The van der Waals surface area contributed by atoms with Crippen molar-refractivity contribution in [3.63, 3.8) is 0 Å². The molecule has 16 heteroatoms. The zero-order chi connectivity index (χ0) is 32.7. The van der Waals surface area contributed by atoms with E-state index in [-0.39, 0.29) is 12.4 Å². The summed E-state index contributed by atoms with van der Waals surface area (Å²) in [5, 5.41) is 0. The fourth-order valence-electron chi connectivity index (χ4n) is 4.24. The van der Waals surface area contributed by atoms with E-state index in [0.29, 0.717) is 6.42 Å². The molecule has 44 heavy (non-hydrogen) atoms. The van der Waals surface area contributed by atoms with Gasteiger partial charge in [-0.05, 0) is 58.1 Å². The molecule has 0 aliphatic rings. The molecule has 0 unspecified atom stereocenters. The van der Waals surface area contributed by atoms with Crippen LogP contribution in [0.5, 0.6) is 5.75 Å². The molecule has 0 aliphatic heterocycles. The first-order chi connectivity index (χ1) is 20.6. The predicted octanol–water partition coefficient (Wildman–Crippen LogP) is 8.56. The van der Waals surface area contributed by atoms with Gasteiger partial charge in [0.2, 0.25) is 0 Å². The number of halogens is 6. The van der Waals surface area contributed by atoms with Crippen LogP contribution in [0.1, 0.15) is 45.4 Å². The standard InChI is InChI=1S/C28H31F6NO6S3/c1-2-3-4-5-6-13-22-40-41-23-18-20-26(21-19-23)42(24-14-9-7-10-15-24,25-16-11-8-12-17-25)35(43(36,37)27(29,30)31)44(38,39)28(32,33)34/h7-12,14-21H,2-6,13,22H2,1H3. The highest BCUT2D eigenvalue weighted by Gasteiger charge is 2.67. The summed E-state index contributed by atoms with van der Waals surface area (Å²) in [7, 11) is -19.0. The molecule has 0 fully saturated rings. The average molecular weight is 688 g/mol. The van der Waals surface area contributed by atoms with Crippen LogP contribution in [0.2, 0.25) is 0 Å². The van der Waals surface area contributed by atoms with E-state index in [1.54, 1.807) is 0 Å². The third-order valence-corrected chi connectivity index (χ3v) is 15.2. The SMILES string of the molecule is CCCCCCCCOOc1ccc(S(c2ccccc2)(c2ccccc2)N(S(=O)(=O)C(F)(F)F)S(=O)(=O)C(F)(F)F)cc1. The fraction of sp³-hybridized carbons (Fsp3) is 0.357. The summed E-state index contributed by atoms with van der Waals surface area (Å²) < 4.78 is 136.